The van der Waals surface area contributed by atoms with Gasteiger partial charge in [-0.3, -0.25) is 9.52 Å². The third-order valence-electron chi connectivity index (χ3n) is 1.36. The largest absolute Gasteiger partial charge is 0.327 e. The lowest BCUT2D eigenvalue weighted by molar-refractivity contribution is -0.117. The van der Waals surface area contributed by atoms with Crippen LogP contribution in [0, 0.1) is 0 Å². The molecule has 0 saturated carbocycles. The molecule has 1 amide bonds. The average Bonchev–Trinajstić information content (AvgIpc) is 1.98. The summed E-state index contributed by atoms with van der Waals surface area (Å²) in [4.78, 5) is 10.5. The predicted molar refractivity (Wildman–Crippen MR) is 54.2 cm³/mol. The first-order chi connectivity index (χ1) is 6.06. The zero-order chi connectivity index (χ0) is 10.3. The van der Waals surface area contributed by atoms with Crippen molar-refractivity contribution in [3.8, 4) is 0 Å². The number of hydrogen-bond donors (Lipinski definition) is 2. The smallest absolute Gasteiger partial charge is 0.228 e. The number of hydrogen-bond acceptors (Lipinski definition) is 3. The van der Waals surface area contributed by atoms with Gasteiger partial charge < -0.3 is 5.73 Å². The molecule has 76 valence electrons. The molecule has 0 rings (SSSR count). The summed E-state index contributed by atoms with van der Waals surface area (Å²) in [6.07, 6.45) is 3.31. The minimum Gasteiger partial charge on any atom is -0.327 e. The topological polar surface area (TPSA) is 72.2 Å². The minimum atomic E-state index is -1.34. The Balaban J connectivity index is 3.64. The maximum atomic E-state index is 11.1. The van der Waals surface area contributed by atoms with Crippen LogP contribution in [0.1, 0.15) is 19.8 Å². The number of nitrogens with two attached hydrogens (primary N) is 1. The fourth-order valence-corrected chi connectivity index (χ4v) is 1.77. The van der Waals surface area contributed by atoms with Crippen molar-refractivity contribution in [1.82, 2.24) is 4.72 Å². The third kappa shape index (κ3) is 7.67. The molecule has 0 aliphatic carbocycles. The van der Waals surface area contributed by atoms with Gasteiger partial charge in [0.25, 0.3) is 0 Å². The van der Waals surface area contributed by atoms with Crippen molar-refractivity contribution < 1.29 is 9.00 Å². The number of rotatable bonds is 6. The zero-order valence-electron chi connectivity index (χ0n) is 7.79. The van der Waals surface area contributed by atoms with Gasteiger partial charge in [-0.25, -0.2) is 4.21 Å². The molecule has 0 aliphatic rings. The van der Waals surface area contributed by atoms with Crippen LogP contribution in [0.2, 0.25) is 0 Å². The molecule has 0 fully saturated rings. The summed E-state index contributed by atoms with van der Waals surface area (Å²) in [6.45, 7) is 4.89. The number of carbonyl (C=O) groups is 1. The first-order valence-corrected chi connectivity index (χ1v) is 5.40. The van der Waals surface area contributed by atoms with Crippen molar-refractivity contribution in [1.29, 1.82) is 0 Å². The van der Waals surface area contributed by atoms with Gasteiger partial charge in [0.2, 0.25) is 5.91 Å². The van der Waals surface area contributed by atoms with Gasteiger partial charge in [-0.05, 0) is 12.8 Å². The van der Waals surface area contributed by atoms with Gasteiger partial charge in [0.1, 0.15) is 11.0 Å². The maximum absolute atomic E-state index is 11.1. The quantitative estimate of drug-likeness (QED) is 0.602. The lowest BCUT2D eigenvalue weighted by Crippen LogP contribution is -2.34. The van der Waals surface area contributed by atoms with Gasteiger partial charge in [-0.2, -0.15) is 0 Å². The van der Waals surface area contributed by atoms with Gasteiger partial charge in [0.15, 0.2) is 0 Å². The molecule has 0 radical (unpaired) electrons. The Bertz CT molecular complexity index is 206. The van der Waals surface area contributed by atoms with Crippen LogP contribution in [0.15, 0.2) is 12.7 Å². The van der Waals surface area contributed by atoms with E-state index in [1.807, 2.05) is 0 Å². The molecule has 3 N–H and O–H groups in total. The molecule has 0 heterocycles. The summed E-state index contributed by atoms with van der Waals surface area (Å²) < 4.78 is 13.4. The van der Waals surface area contributed by atoms with E-state index >= 15 is 0 Å². The normalized spacial score (nSPS) is 14.6. The standard InChI is InChI=1S/C8H16N2O2S/c1-3-4-5-8(9)6-13(12)10-7(2)11/h3,8H,1,4-6,9H2,2H3,(H,10,11)/t8-,13?/m0/s1. The highest BCUT2D eigenvalue weighted by Crippen LogP contribution is 1.96. The third-order valence-corrected chi connectivity index (χ3v) is 2.61. The average molecular weight is 204 g/mol. The van der Waals surface area contributed by atoms with E-state index in [2.05, 4.69) is 11.3 Å². The van der Waals surface area contributed by atoms with Crippen molar-refractivity contribution in [2.75, 3.05) is 5.75 Å². The number of nitrogens with one attached hydrogen (secondary N) is 1. The Morgan fingerprint density at radius 3 is 2.85 bits per heavy atom. The Morgan fingerprint density at radius 1 is 1.77 bits per heavy atom. The van der Waals surface area contributed by atoms with Gasteiger partial charge >= 0.3 is 0 Å². The zero-order valence-corrected chi connectivity index (χ0v) is 8.60. The second kappa shape index (κ2) is 6.80. The monoisotopic (exact) mass is 204 g/mol. The molecular weight excluding hydrogens is 188 g/mol. The van der Waals surface area contributed by atoms with Gasteiger partial charge in [0.05, 0.1) is 5.75 Å². The van der Waals surface area contributed by atoms with E-state index in [9.17, 15) is 9.00 Å². The SMILES string of the molecule is C=CCC[C@H](N)CS(=O)NC(C)=O. The lowest BCUT2D eigenvalue weighted by Gasteiger charge is -2.09. The summed E-state index contributed by atoms with van der Waals surface area (Å²) in [5.74, 6) is 0.00204. The second-order valence-electron chi connectivity index (χ2n) is 2.80. The molecule has 0 aromatic rings. The van der Waals surface area contributed by atoms with Crippen molar-refractivity contribution in [2.45, 2.75) is 25.8 Å². The van der Waals surface area contributed by atoms with Gasteiger partial charge in [-0.1, -0.05) is 6.08 Å². The second-order valence-corrected chi connectivity index (χ2v) is 4.03. The van der Waals surface area contributed by atoms with Crippen LogP contribution in [-0.2, 0) is 15.8 Å². The molecule has 0 aromatic carbocycles. The van der Waals surface area contributed by atoms with Crippen LogP contribution >= 0.6 is 0 Å². The van der Waals surface area contributed by atoms with Gasteiger partial charge in [0, 0.05) is 13.0 Å². The Morgan fingerprint density at radius 2 is 2.38 bits per heavy atom. The van der Waals surface area contributed by atoms with E-state index in [1.165, 1.54) is 6.92 Å². The fraction of sp³-hybridized carbons (Fsp3) is 0.625. The van der Waals surface area contributed by atoms with Crippen LogP contribution in [-0.4, -0.2) is 21.9 Å². The summed E-state index contributed by atoms with van der Waals surface area (Å²) in [5.41, 5.74) is 5.64. The number of amides is 1. The van der Waals surface area contributed by atoms with Crippen molar-refractivity contribution in [3.05, 3.63) is 12.7 Å². The number of carbonyl (C=O) groups excluding carboxylic acids is 1. The van der Waals surface area contributed by atoms with E-state index in [0.29, 0.717) is 5.75 Å². The van der Waals surface area contributed by atoms with Crippen molar-refractivity contribution in [2.24, 2.45) is 5.73 Å². The predicted octanol–water partition coefficient (Wildman–Crippen LogP) is 0.0797. The van der Waals surface area contributed by atoms with E-state index in [0.717, 1.165) is 12.8 Å². The van der Waals surface area contributed by atoms with E-state index in [4.69, 9.17) is 5.73 Å². The molecule has 0 spiro atoms. The van der Waals surface area contributed by atoms with Crippen molar-refractivity contribution >= 4 is 16.9 Å². The van der Waals surface area contributed by atoms with Crippen LogP contribution in [0.5, 0.6) is 0 Å². The first-order valence-electron chi connectivity index (χ1n) is 4.08. The van der Waals surface area contributed by atoms with Crippen molar-refractivity contribution in [3.63, 3.8) is 0 Å². The minimum absolute atomic E-state index is 0.148. The van der Waals surface area contributed by atoms with Crippen LogP contribution in [0.3, 0.4) is 0 Å². The van der Waals surface area contributed by atoms with Crippen LogP contribution in [0.4, 0.5) is 0 Å². The van der Waals surface area contributed by atoms with E-state index in [-0.39, 0.29) is 11.9 Å². The summed E-state index contributed by atoms with van der Waals surface area (Å²) in [7, 11) is -1.34. The highest BCUT2D eigenvalue weighted by Gasteiger charge is 2.07. The maximum Gasteiger partial charge on any atom is 0.228 e. The molecule has 0 bridgehead atoms. The van der Waals surface area contributed by atoms with Crippen LogP contribution in [0.25, 0.3) is 0 Å². The highest BCUT2D eigenvalue weighted by atomic mass is 32.2. The van der Waals surface area contributed by atoms with Gasteiger partial charge in [-0.15, -0.1) is 6.58 Å². The molecule has 0 saturated heterocycles. The molecule has 13 heavy (non-hydrogen) atoms. The lowest BCUT2D eigenvalue weighted by atomic mass is 10.2. The molecule has 0 aliphatic heterocycles. The summed E-state index contributed by atoms with van der Waals surface area (Å²) in [5, 5.41) is 0. The Hall–Kier alpha value is -0.680. The van der Waals surface area contributed by atoms with Crippen LogP contribution < -0.4 is 10.5 Å². The molecule has 5 heteroatoms. The highest BCUT2D eigenvalue weighted by molar-refractivity contribution is 7.83. The molecule has 1 unspecified atom stereocenters. The Kier molecular flexibility index (Phi) is 6.44. The molecule has 2 atom stereocenters. The first kappa shape index (κ1) is 12.3. The molecule has 4 nitrogen and oxygen atoms in total. The summed E-state index contributed by atoms with van der Waals surface area (Å²) >= 11 is 0. The fourth-order valence-electron chi connectivity index (χ4n) is 0.812. The summed E-state index contributed by atoms with van der Waals surface area (Å²) in [6, 6.07) is -0.148. The number of allylic oxidation sites excluding steroid dienone is 1. The molecule has 0 aromatic heterocycles. The molecular formula is C8H16N2O2S. The van der Waals surface area contributed by atoms with E-state index in [1.54, 1.807) is 6.08 Å². The Labute approximate surface area is 81.2 Å². The van der Waals surface area contributed by atoms with E-state index < -0.39 is 11.0 Å².